The highest BCUT2D eigenvalue weighted by Crippen LogP contribution is 2.45. The molecule has 2 saturated carbocycles. The Morgan fingerprint density at radius 1 is 1.00 bits per heavy atom. The zero-order chi connectivity index (χ0) is 19.3. The normalized spacial score (nSPS) is 16.2. The molecule has 5 rings (SSSR count). The Kier molecular flexibility index (Phi) is 4.00. The summed E-state index contributed by atoms with van der Waals surface area (Å²) in [6.07, 6.45) is 4.82. The van der Waals surface area contributed by atoms with Crippen LogP contribution in [-0.2, 0) is 0 Å². The largest absolute Gasteiger partial charge is 0.322 e. The molecule has 3 aromatic rings. The van der Waals surface area contributed by atoms with Crippen LogP contribution in [0.25, 0.3) is 5.69 Å². The lowest BCUT2D eigenvalue weighted by atomic mass is 10.2. The topological polar surface area (TPSA) is 46.9 Å². The Labute approximate surface area is 161 Å². The molecule has 2 fully saturated rings. The number of aromatic nitrogens is 2. The van der Waals surface area contributed by atoms with Gasteiger partial charge in [-0.2, -0.15) is 5.10 Å². The molecule has 0 bridgehead atoms. The Balaban J connectivity index is 1.38. The fourth-order valence-electron chi connectivity index (χ4n) is 3.43. The van der Waals surface area contributed by atoms with Crippen molar-refractivity contribution in [3.8, 4) is 5.69 Å². The van der Waals surface area contributed by atoms with Crippen molar-refractivity contribution in [3.05, 3.63) is 77.1 Å². The Hall–Kier alpha value is -3.02. The lowest BCUT2D eigenvalue weighted by Gasteiger charge is -2.09. The number of nitrogens with zero attached hydrogens (tertiary/aromatic N) is 2. The van der Waals surface area contributed by atoms with Gasteiger partial charge in [0, 0.05) is 23.2 Å². The van der Waals surface area contributed by atoms with Gasteiger partial charge in [0.05, 0.1) is 16.9 Å². The third-order valence-electron chi connectivity index (χ3n) is 5.31. The minimum Gasteiger partial charge on any atom is -0.322 e. The maximum atomic E-state index is 13.8. The van der Waals surface area contributed by atoms with Crippen LogP contribution in [0.4, 0.5) is 14.5 Å². The molecule has 1 amide bonds. The Morgan fingerprint density at radius 2 is 1.71 bits per heavy atom. The number of anilines is 1. The monoisotopic (exact) mass is 379 g/mol. The van der Waals surface area contributed by atoms with E-state index >= 15 is 0 Å². The van der Waals surface area contributed by atoms with Gasteiger partial charge < -0.3 is 5.32 Å². The molecule has 28 heavy (non-hydrogen) atoms. The Bertz CT molecular complexity index is 1050. The van der Waals surface area contributed by atoms with E-state index in [1.54, 1.807) is 12.1 Å². The zero-order valence-electron chi connectivity index (χ0n) is 15.2. The van der Waals surface area contributed by atoms with Gasteiger partial charge in [-0.1, -0.05) is 6.07 Å². The maximum absolute atomic E-state index is 13.8. The van der Waals surface area contributed by atoms with E-state index in [1.807, 2.05) is 16.8 Å². The molecular formula is C22H19F2N3O. The molecule has 142 valence electrons. The second-order valence-electron chi connectivity index (χ2n) is 7.56. The lowest BCUT2D eigenvalue weighted by molar-refractivity contribution is 0.102. The van der Waals surface area contributed by atoms with E-state index in [9.17, 15) is 13.6 Å². The van der Waals surface area contributed by atoms with Crippen LogP contribution in [0.15, 0.2) is 48.5 Å². The SMILES string of the molecule is O=C(Nc1ccc(-n2nc(C3CC3)cc2C2CC2)cc1)c1cccc(F)c1F. The zero-order valence-corrected chi connectivity index (χ0v) is 15.2. The molecule has 1 N–H and O–H groups in total. The summed E-state index contributed by atoms with van der Waals surface area (Å²) in [7, 11) is 0. The first-order chi connectivity index (χ1) is 13.6. The van der Waals surface area contributed by atoms with Crippen LogP contribution in [0.5, 0.6) is 0 Å². The molecule has 1 aromatic heterocycles. The summed E-state index contributed by atoms with van der Waals surface area (Å²) >= 11 is 0. The number of hydrogen-bond acceptors (Lipinski definition) is 2. The van der Waals surface area contributed by atoms with Crippen molar-refractivity contribution in [1.82, 2.24) is 9.78 Å². The third kappa shape index (κ3) is 3.19. The lowest BCUT2D eigenvalue weighted by Crippen LogP contribution is -2.14. The molecule has 1 heterocycles. The first-order valence-corrected chi connectivity index (χ1v) is 9.56. The van der Waals surface area contributed by atoms with Crippen molar-refractivity contribution in [2.75, 3.05) is 5.32 Å². The molecule has 6 heteroatoms. The standard InChI is InChI=1S/C22H19F2N3O/c23-18-3-1-2-17(21(18)24)22(28)25-15-8-10-16(11-9-15)27-20(14-6-7-14)12-19(26-27)13-4-5-13/h1-3,8-14H,4-7H2,(H,25,28). The first-order valence-electron chi connectivity index (χ1n) is 9.56. The van der Waals surface area contributed by atoms with Gasteiger partial charge in [0.1, 0.15) is 0 Å². The Morgan fingerprint density at radius 3 is 2.39 bits per heavy atom. The minimum atomic E-state index is -1.14. The number of carbonyl (C=O) groups is 1. The van der Waals surface area contributed by atoms with Crippen molar-refractivity contribution < 1.29 is 13.6 Å². The summed E-state index contributed by atoms with van der Waals surface area (Å²) in [5, 5.41) is 7.41. The molecule has 2 aliphatic rings. The van der Waals surface area contributed by atoms with Crippen molar-refractivity contribution in [3.63, 3.8) is 0 Å². The average molecular weight is 379 g/mol. The summed E-state index contributed by atoms with van der Waals surface area (Å²) in [5.41, 5.74) is 3.55. The number of rotatable bonds is 5. The minimum absolute atomic E-state index is 0.318. The number of amides is 1. The summed E-state index contributed by atoms with van der Waals surface area (Å²) in [4.78, 5) is 12.2. The van der Waals surface area contributed by atoms with Crippen LogP contribution in [0.1, 0.15) is 59.3 Å². The molecule has 0 spiro atoms. The van der Waals surface area contributed by atoms with E-state index in [1.165, 1.54) is 49.2 Å². The first kappa shape index (κ1) is 17.1. The molecule has 2 aliphatic carbocycles. The van der Waals surface area contributed by atoms with E-state index in [0.717, 1.165) is 11.8 Å². The molecule has 0 atom stereocenters. The highest BCUT2D eigenvalue weighted by molar-refractivity contribution is 6.04. The van der Waals surface area contributed by atoms with Crippen molar-refractivity contribution in [2.45, 2.75) is 37.5 Å². The van der Waals surface area contributed by atoms with Crippen LogP contribution < -0.4 is 5.32 Å². The molecular weight excluding hydrogens is 360 g/mol. The average Bonchev–Trinajstić information content (AvgIpc) is 3.63. The number of nitrogens with one attached hydrogen (secondary N) is 1. The van der Waals surface area contributed by atoms with Gasteiger partial charge in [-0.15, -0.1) is 0 Å². The number of carbonyl (C=O) groups excluding carboxylic acids is 1. The third-order valence-corrected chi connectivity index (χ3v) is 5.31. The van der Waals surface area contributed by atoms with E-state index in [0.29, 0.717) is 17.5 Å². The van der Waals surface area contributed by atoms with Gasteiger partial charge in [0.2, 0.25) is 0 Å². The summed E-state index contributed by atoms with van der Waals surface area (Å²) in [6.45, 7) is 0. The molecule has 4 nitrogen and oxygen atoms in total. The second-order valence-corrected chi connectivity index (χ2v) is 7.56. The molecule has 0 saturated heterocycles. The summed E-state index contributed by atoms with van der Waals surface area (Å²) in [6, 6.07) is 13.0. The molecule has 0 unspecified atom stereocenters. The quantitative estimate of drug-likeness (QED) is 0.666. The van der Waals surface area contributed by atoms with E-state index in [4.69, 9.17) is 5.10 Å². The second kappa shape index (κ2) is 6.55. The predicted molar refractivity (Wildman–Crippen MR) is 102 cm³/mol. The summed E-state index contributed by atoms with van der Waals surface area (Å²) < 4.78 is 29.1. The van der Waals surface area contributed by atoms with Gasteiger partial charge >= 0.3 is 0 Å². The van der Waals surface area contributed by atoms with Crippen molar-refractivity contribution >= 4 is 11.6 Å². The van der Waals surface area contributed by atoms with Crippen LogP contribution in [0.2, 0.25) is 0 Å². The summed E-state index contributed by atoms with van der Waals surface area (Å²) in [5.74, 6) is -1.69. The van der Waals surface area contributed by atoms with E-state index in [2.05, 4.69) is 11.4 Å². The van der Waals surface area contributed by atoms with E-state index < -0.39 is 17.5 Å². The molecule has 0 radical (unpaired) electrons. The van der Waals surface area contributed by atoms with E-state index in [-0.39, 0.29) is 5.56 Å². The van der Waals surface area contributed by atoms with Crippen molar-refractivity contribution in [1.29, 1.82) is 0 Å². The van der Waals surface area contributed by atoms with Crippen LogP contribution in [-0.4, -0.2) is 15.7 Å². The fraction of sp³-hybridized carbons (Fsp3) is 0.273. The van der Waals surface area contributed by atoms with Crippen LogP contribution >= 0.6 is 0 Å². The van der Waals surface area contributed by atoms with Gasteiger partial charge in [-0.3, -0.25) is 4.79 Å². The smallest absolute Gasteiger partial charge is 0.258 e. The number of benzene rings is 2. The highest BCUT2D eigenvalue weighted by atomic mass is 19.2. The van der Waals surface area contributed by atoms with Gasteiger partial charge in [0.15, 0.2) is 11.6 Å². The van der Waals surface area contributed by atoms with Gasteiger partial charge in [0.25, 0.3) is 5.91 Å². The predicted octanol–water partition coefficient (Wildman–Crippen LogP) is 5.16. The van der Waals surface area contributed by atoms with Gasteiger partial charge in [-0.25, -0.2) is 13.5 Å². The highest BCUT2D eigenvalue weighted by Gasteiger charge is 2.32. The fourth-order valence-corrected chi connectivity index (χ4v) is 3.43. The molecule has 2 aromatic carbocycles. The number of halogens is 2. The maximum Gasteiger partial charge on any atom is 0.258 e. The molecule has 0 aliphatic heterocycles. The van der Waals surface area contributed by atoms with Crippen LogP contribution in [0, 0.1) is 11.6 Å². The van der Waals surface area contributed by atoms with Gasteiger partial charge in [-0.05, 0) is 68.1 Å². The van der Waals surface area contributed by atoms with Crippen molar-refractivity contribution in [2.24, 2.45) is 0 Å². The van der Waals surface area contributed by atoms with Crippen LogP contribution in [0.3, 0.4) is 0 Å². The number of hydrogen-bond donors (Lipinski definition) is 1.